The first kappa shape index (κ1) is 12.2. The van der Waals surface area contributed by atoms with Crippen molar-refractivity contribution in [2.24, 2.45) is 17.8 Å². The third-order valence-corrected chi connectivity index (χ3v) is 4.34. The van der Waals surface area contributed by atoms with E-state index in [0.29, 0.717) is 23.5 Å². The summed E-state index contributed by atoms with van der Waals surface area (Å²) in [6.07, 6.45) is 6.27. The fraction of sp³-hybridized carbons (Fsp3) is 0.615. The highest BCUT2D eigenvalue weighted by molar-refractivity contribution is 5.73. The first-order valence-corrected chi connectivity index (χ1v) is 6.54. The van der Waals surface area contributed by atoms with E-state index in [2.05, 4.69) is 15.3 Å². The monoisotopic (exact) mass is 263 g/mol. The number of nitrogens with zero attached hydrogens (tertiary/aromatic N) is 2. The Kier molecular flexibility index (Phi) is 3.00. The zero-order chi connectivity index (χ0) is 13.4. The zero-order valence-electron chi connectivity index (χ0n) is 10.7. The first-order valence-electron chi connectivity index (χ1n) is 6.54. The molecule has 1 aromatic rings. The molecule has 19 heavy (non-hydrogen) atoms. The molecule has 2 aliphatic carbocycles. The van der Waals surface area contributed by atoms with Crippen molar-refractivity contribution < 1.29 is 14.6 Å². The van der Waals surface area contributed by atoms with Gasteiger partial charge in [0, 0.05) is 6.04 Å². The number of rotatable bonds is 4. The molecule has 2 bridgehead atoms. The highest BCUT2D eigenvalue weighted by Crippen LogP contribution is 2.49. The third-order valence-electron chi connectivity index (χ3n) is 4.34. The normalized spacial score (nSPS) is 32.3. The number of methoxy groups -OCH3 is 1. The van der Waals surface area contributed by atoms with Crippen LogP contribution in [0.1, 0.15) is 19.3 Å². The zero-order valence-corrected chi connectivity index (χ0v) is 10.7. The minimum Gasteiger partial charge on any atom is -0.481 e. The number of hydrogen-bond acceptors (Lipinski definition) is 5. The maximum absolute atomic E-state index is 11.4. The largest absolute Gasteiger partial charge is 0.481 e. The van der Waals surface area contributed by atoms with E-state index in [1.54, 1.807) is 6.20 Å². The van der Waals surface area contributed by atoms with Crippen LogP contribution in [0.15, 0.2) is 12.4 Å². The molecule has 4 atom stereocenters. The molecule has 1 heterocycles. The minimum atomic E-state index is -0.708. The molecule has 2 aliphatic rings. The van der Waals surface area contributed by atoms with Gasteiger partial charge in [0.2, 0.25) is 5.88 Å². The van der Waals surface area contributed by atoms with Crippen LogP contribution in [0.2, 0.25) is 0 Å². The Morgan fingerprint density at radius 1 is 1.42 bits per heavy atom. The van der Waals surface area contributed by atoms with Crippen molar-refractivity contribution in [3.63, 3.8) is 0 Å². The average Bonchev–Trinajstić information content (AvgIpc) is 2.99. The SMILES string of the molecule is COc1cncc(NC2C3CCC(C3)C2C(=O)O)n1. The molecule has 0 spiro atoms. The Hall–Kier alpha value is -1.85. The molecule has 1 aromatic heterocycles. The van der Waals surface area contributed by atoms with Gasteiger partial charge in [-0.1, -0.05) is 0 Å². The molecular weight excluding hydrogens is 246 g/mol. The van der Waals surface area contributed by atoms with Crippen LogP contribution in [0.4, 0.5) is 5.82 Å². The van der Waals surface area contributed by atoms with Gasteiger partial charge in [-0.25, -0.2) is 0 Å². The summed E-state index contributed by atoms with van der Waals surface area (Å²) in [6.45, 7) is 0. The number of ether oxygens (including phenoxy) is 1. The molecule has 6 nitrogen and oxygen atoms in total. The molecule has 102 valence electrons. The van der Waals surface area contributed by atoms with Gasteiger partial charge < -0.3 is 15.2 Å². The van der Waals surface area contributed by atoms with Crippen LogP contribution in [-0.4, -0.2) is 34.2 Å². The summed E-state index contributed by atoms with van der Waals surface area (Å²) in [5.41, 5.74) is 0. The summed E-state index contributed by atoms with van der Waals surface area (Å²) in [4.78, 5) is 19.7. The third kappa shape index (κ3) is 2.11. The van der Waals surface area contributed by atoms with Crippen LogP contribution < -0.4 is 10.1 Å². The van der Waals surface area contributed by atoms with Gasteiger partial charge in [-0.3, -0.25) is 9.78 Å². The highest BCUT2D eigenvalue weighted by Gasteiger charge is 2.51. The number of carbonyl (C=O) groups is 1. The van der Waals surface area contributed by atoms with Gasteiger partial charge in [-0.15, -0.1) is 0 Å². The molecule has 4 unspecified atom stereocenters. The molecule has 0 saturated heterocycles. The molecule has 0 amide bonds. The molecule has 0 aliphatic heterocycles. The summed E-state index contributed by atoms with van der Waals surface area (Å²) >= 11 is 0. The number of anilines is 1. The number of carboxylic acid groups (broad SMARTS) is 1. The molecule has 0 radical (unpaired) electrons. The van der Waals surface area contributed by atoms with E-state index in [-0.39, 0.29) is 12.0 Å². The van der Waals surface area contributed by atoms with Gasteiger partial charge in [0.05, 0.1) is 25.4 Å². The van der Waals surface area contributed by atoms with E-state index in [9.17, 15) is 9.90 Å². The predicted octanol–water partition coefficient (Wildman–Crippen LogP) is 1.40. The van der Waals surface area contributed by atoms with E-state index in [0.717, 1.165) is 19.3 Å². The van der Waals surface area contributed by atoms with Crippen LogP contribution in [-0.2, 0) is 4.79 Å². The summed E-state index contributed by atoms with van der Waals surface area (Å²) in [5, 5.41) is 12.6. The lowest BCUT2D eigenvalue weighted by atomic mass is 9.84. The summed E-state index contributed by atoms with van der Waals surface area (Å²) in [6, 6.07) is -0.0438. The van der Waals surface area contributed by atoms with Crippen molar-refractivity contribution in [3.05, 3.63) is 12.4 Å². The van der Waals surface area contributed by atoms with E-state index in [4.69, 9.17) is 4.74 Å². The Labute approximate surface area is 111 Å². The maximum atomic E-state index is 11.4. The van der Waals surface area contributed by atoms with Crippen LogP contribution in [0.3, 0.4) is 0 Å². The van der Waals surface area contributed by atoms with Crippen LogP contribution in [0.5, 0.6) is 5.88 Å². The van der Waals surface area contributed by atoms with Gasteiger partial charge in [0.1, 0.15) is 5.82 Å². The van der Waals surface area contributed by atoms with Gasteiger partial charge in [0.15, 0.2) is 0 Å². The second-order valence-corrected chi connectivity index (χ2v) is 5.31. The minimum absolute atomic E-state index is 0.0438. The number of carboxylic acids is 1. The fourth-order valence-electron chi connectivity index (χ4n) is 3.54. The van der Waals surface area contributed by atoms with Crippen LogP contribution >= 0.6 is 0 Å². The Balaban J connectivity index is 1.79. The van der Waals surface area contributed by atoms with E-state index in [1.165, 1.54) is 13.3 Å². The Bertz CT molecular complexity index is 494. The Morgan fingerprint density at radius 2 is 2.21 bits per heavy atom. The summed E-state index contributed by atoms with van der Waals surface area (Å²) in [7, 11) is 1.53. The summed E-state index contributed by atoms with van der Waals surface area (Å²) in [5.74, 6) is 0.730. The smallest absolute Gasteiger partial charge is 0.308 e. The van der Waals surface area contributed by atoms with Crippen molar-refractivity contribution in [1.82, 2.24) is 9.97 Å². The van der Waals surface area contributed by atoms with Crippen molar-refractivity contribution in [1.29, 1.82) is 0 Å². The fourth-order valence-corrected chi connectivity index (χ4v) is 3.54. The molecule has 2 fully saturated rings. The average molecular weight is 263 g/mol. The first-order chi connectivity index (χ1) is 9.19. The van der Waals surface area contributed by atoms with Crippen molar-refractivity contribution in [2.75, 3.05) is 12.4 Å². The second kappa shape index (κ2) is 4.68. The molecule has 2 N–H and O–H groups in total. The number of hydrogen-bond donors (Lipinski definition) is 2. The Morgan fingerprint density at radius 3 is 2.95 bits per heavy atom. The molecule has 3 rings (SSSR count). The lowest BCUT2D eigenvalue weighted by molar-refractivity contribution is -0.143. The molecule has 2 saturated carbocycles. The lowest BCUT2D eigenvalue weighted by Crippen LogP contribution is -2.39. The number of aromatic nitrogens is 2. The van der Waals surface area contributed by atoms with Gasteiger partial charge in [-0.05, 0) is 31.1 Å². The topological polar surface area (TPSA) is 84.3 Å². The molecule has 0 aromatic carbocycles. The van der Waals surface area contributed by atoms with Gasteiger partial charge in [0.25, 0.3) is 0 Å². The van der Waals surface area contributed by atoms with Crippen LogP contribution in [0, 0.1) is 17.8 Å². The predicted molar refractivity (Wildman–Crippen MR) is 68.0 cm³/mol. The maximum Gasteiger partial charge on any atom is 0.308 e. The highest BCUT2D eigenvalue weighted by atomic mass is 16.5. The quantitative estimate of drug-likeness (QED) is 0.854. The number of fused-ring (bicyclic) bond motifs is 2. The standard InChI is InChI=1S/C13H17N3O3/c1-19-10-6-14-5-9(15-10)16-12-8-3-2-7(4-8)11(12)13(17)18/h5-8,11-12H,2-4H2,1H3,(H,15,16)(H,17,18). The second-order valence-electron chi connectivity index (χ2n) is 5.31. The van der Waals surface area contributed by atoms with E-state index in [1.807, 2.05) is 0 Å². The van der Waals surface area contributed by atoms with E-state index < -0.39 is 5.97 Å². The van der Waals surface area contributed by atoms with Gasteiger partial charge in [-0.2, -0.15) is 4.98 Å². The van der Waals surface area contributed by atoms with Gasteiger partial charge >= 0.3 is 5.97 Å². The number of aliphatic carboxylic acids is 1. The van der Waals surface area contributed by atoms with Crippen molar-refractivity contribution >= 4 is 11.8 Å². The number of nitrogens with one attached hydrogen (secondary N) is 1. The molecular formula is C13H17N3O3. The molecule has 6 heteroatoms. The lowest BCUT2D eigenvalue weighted by Gasteiger charge is -2.29. The van der Waals surface area contributed by atoms with Crippen LogP contribution in [0.25, 0.3) is 0 Å². The van der Waals surface area contributed by atoms with Crippen molar-refractivity contribution in [3.8, 4) is 5.88 Å². The summed E-state index contributed by atoms with van der Waals surface area (Å²) < 4.78 is 5.03. The van der Waals surface area contributed by atoms with E-state index >= 15 is 0 Å². The van der Waals surface area contributed by atoms with Crippen molar-refractivity contribution in [2.45, 2.75) is 25.3 Å².